The van der Waals surface area contributed by atoms with Gasteiger partial charge in [0.2, 0.25) is 0 Å². The molecule has 20 heavy (non-hydrogen) atoms. The van der Waals surface area contributed by atoms with Crippen LogP contribution in [0.3, 0.4) is 0 Å². The minimum absolute atomic E-state index is 0. The van der Waals surface area contributed by atoms with Crippen LogP contribution in [0.2, 0.25) is 0 Å². The number of aliphatic hydroxyl groups is 1. The second-order valence-electron chi connectivity index (χ2n) is 4.05. The number of hydrogen-bond donors (Lipinski definition) is 5. The van der Waals surface area contributed by atoms with Crippen molar-refractivity contribution in [2.75, 3.05) is 13.1 Å². The second kappa shape index (κ2) is 11.7. The molecule has 0 radical (unpaired) electrons. The third kappa shape index (κ3) is 10.8. The second-order valence-corrected chi connectivity index (χ2v) is 7.54. The van der Waals surface area contributed by atoms with Gasteiger partial charge in [0.25, 0.3) is 0 Å². The minimum atomic E-state index is -5.20. The van der Waals surface area contributed by atoms with Crippen LogP contribution in [0.5, 0.6) is 0 Å². The summed E-state index contributed by atoms with van der Waals surface area (Å²) in [5.41, 5.74) is -1.87. The van der Waals surface area contributed by atoms with Crippen LogP contribution in [0.15, 0.2) is 0 Å². The molecular weight excluding hydrogens is 323 g/mol. The Kier molecular flexibility index (Phi) is 15.3. The standard InChI is InChI=1S/C8H21NO7P2.Na.H2O/c1-2-3-4-5-9-6-7(17(11,12)13)8(10)18(14,15)16;;/h7-10H,2-6H2,1H3,(H2,11,12,13)(H2,14,15,16);;1H2/q;+1;/p-1. The van der Waals surface area contributed by atoms with Gasteiger partial charge in [0.15, 0.2) is 7.60 Å². The van der Waals surface area contributed by atoms with Crippen LogP contribution in [0.25, 0.3) is 0 Å². The van der Waals surface area contributed by atoms with Gasteiger partial charge in [0.05, 0.1) is 0 Å². The SMILES string of the molecule is CCCCCNCC(C(O)P(=O)([O-])O)P(=O)(O)O.O.[Na+]. The number of nitrogens with one attached hydrogen (secondary N) is 1. The van der Waals surface area contributed by atoms with Gasteiger partial charge in [-0.05, 0) is 13.0 Å². The van der Waals surface area contributed by atoms with E-state index in [0.29, 0.717) is 6.54 Å². The van der Waals surface area contributed by atoms with Gasteiger partial charge in [0, 0.05) is 6.54 Å². The van der Waals surface area contributed by atoms with Crippen LogP contribution >= 0.6 is 15.2 Å². The summed E-state index contributed by atoms with van der Waals surface area (Å²) in [5.74, 6) is -2.47. The molecule has 0 bridgehead atoms. The van der Waals surface area contributed by atoms with Crippen molar-refractivity contribution in [3.05, 3.63) is 0 Å². The molecule has 0 aliphatic rings. The fourth-order valence-electron chi connectivity index (χ4n) is 1.37. The topological polar surface area (TPSA) is 182 Å². The predicted molar refractivity (Wildman–Crippen MR) is 67.7 cm³/mol. The van der Waals surface area contributed by atoms with Gasteiger partial charge in [-0.15, -0.1) is 0 Å². The first-order chi connectivity index (χ1) is 8.10. The summed E-state index contributed by atoms with van der Waals surface area (Å²) >= 11 is 0. The summed E-state index contributed by atoms with van der Waals surface area (Å²) in [7, 11) is -10.0. The first-order valence-electron chi connectivity index (χ1n) is 5.58. The van der Waals surface area contributed by atoms with E-state index in [1.165, 1.54) is 0 Å². The fourth-order valence-corrected chi connectivity index (χ4v) is 3.65. The zero-order chi connectivity index (χ0) is 14.4. The largest absolute Gasteiger partial charge is 1.00 e. The van der Waals surface area contributed by atoms with Crippen molar-refractivity contribution in [2.24, 2.45) is 0 Å². The van der Waals surface area contributed by atoms with E-state index in [1.54, 1.807) is 0 Å². The van der Waals surface area contributed by atoms with Crippen molar-refractivity contribution in [3.63, 3.8) is 0 Å². The van der Waals surface area contributed by atoms with Crippen LogP contribution in [-0.2, 0) is 9.13 Å². The Morgan fingerprint density at radius 2 is 1.70 bits per heavy atom. The van der Waals surface area contributed by atoms with E-state index >= 15 is 0 Å². The molecule has 0 amide bonds. The maximum atomic E-state index is 11.1. The molecule has 0 rings (SSSR count). The molecule has 0 fully saturated rings. The monoisotopic (exact) mass is 345 g/mol. The van der Waals surface area contributed by atoms with Crippen LogP contribution in [-0.4, -0.2) is 49.9 Å². The molecule has 3 unspecified atom stereocenters. The Labute approximate surface area is 140 Å². The predicted octanol–water partition coefficient (Wildman–Crippen LogP) is -4.64. The molecule has 12 heteroatoms. The van der Waals surface area contributed by atoms with Crippen molar-refractivity contribution in [1.82, 2.24) is 5.32 Å². The summed E-state index contributed by atoms with van der Waals surface area (Å²) < 4.78 is 21.8. The average molecular weight is 345 g/mol. The van der Waals surface area contributed by atoms with Crippen LogP contribution in [0.1, 0.15) is 26.2 Å². The van der Waals surface area contributed by atoms with Gasteiger partial charge in [0.1, 0.15) is 11.5 Å². The van der Waals surface area contributed by atoms with Crippen molar-refractivity contribution in [2.45, 2.75) is 37.7 Å². The normalized spacial score (nSPS) is 17.3. The van der Waals surface area contributed by atoms with Crippen molar-refractivity contribution in [3.8, 4) is 0 Å². The Bertz CT molecular complexity index is 332. The molecule has 0 aliphatic carbocycles. The van der Waals surface area contributed by atoms with E-state index in [-0.39, 0.29) is 41.6 Å². The van der Waals surface area contributed by atoms with E-state index < -0.39 is 26.7 Å². The number of unbranched alkanes of at least 4 members (excludes halogenated alkanes) is 2. The Morgan fingerprint density at radius 1 is 1.20 bits per heavy atom. The van der Waals surface area contributed by atoms with E-state index in [0.717, 1.165) is 19.3 Å². The van der Waals surface area contributed by atoms with E-state index in [9.17, 15) is 19.1 Å². The van der Waals surface area contributed by atoms with Gasteiger partial charge in [-0.1, -0.05) is 19.8 Å². The third-order valence-corrected chi connectivity index (χ3v) is 5.01. The summed E-state index contributed by atoms with van der Waals surface area (Å²) in [6.45, 7) is 2.05. The van der Waals surface area contributed by atoms with Gasteiger partial charge < -0.3 is 40.0 Å². The first-order valence-corrected chi connectivity index (χ1v) is 8.91. The molecule has 0 aliphatic heterocycles. The Balaban J connectivity index is -0.00000144. The van der Waals surface area contributed by atoms with Gasteiger partial charge in [-0.3, -0.25) is 4.57 Å². The molecule has 0 spiro atoms. The van der Waals surface area contributed by atoms with Gasteiger partial charge >= 0.3 is 37.2 Å². The molecule has 118 valence electrons. The molecule has 7 N–H and O–H groups in total. The van der Waals surface area contributed by atoms with Crippen LogP contribution in [0, 0.1) is 0 Å². The number of hydrogen-bond acceptors (Lipinski definition) is 5. The van der Waals surface area contributed by atoms with Crippen molar-refractivity contribution in [1.29, 1.82) is 0 Å². The number of aliphatic hydroxyl groups excluding tert-OH is 1. The Hall–Kier alpha value is 1.18. The summed E-state index contributed by atoms with van der Waals surface area (Å²) in [6, 6.07) is 0. The van der Waals surface area contributed by atoms with Crippen molar-refractivity contribution < 1.29 is 68.8 Å². The molecule has 0 saturated carbocycles. The third-order valence-electron chi connectivity index (χ3n) is 2.42. The fraction of sp³-hybridized carbons (Fsp3) is 1.00. The van der Waals surface area contributed by atoms with Crippen LogP contribution in [0.4, 0.5) is 0 Å². The zero-order valence-corrected chi connectivity index (χ0v) is 15.4. The average Bonchev–Trinajstić information content (AvgIpc) is 2.19. The smallest absolute Gasteiger partial charge is 0.777 e. The minimum Gasteiger partial charge on any atom is -0.777 e. The summed E-state index contributed by atoms with van der Waals surface area (Å²) in [5, 5.41) is 11.9. The van der Waals surface area contributed by atoms with Gasteiger partial charge in [-0.25, -0.2) is 0 Å². The quantitative estimate of drug-likeness (QED) is 0.157. The Morgan fingerprint density at radius 3 is 2.05 bits per heavy atom. The maximum Gasteiger partial charge on any atom is 1.00 e. The first kappa shape index (κ1) is 26.1. The molecular formula is C8H22NNaO8P2. The van der Waals surface area contributed by atoms with E-state index in [1.807, 2.05) is 6.92 Å². The molecule has 0 saturated heterocycles. The van der Waals surface area contributed by atoms with Crippen LogP contribution < -0.4 is 39.8 Å². The van der Waals surface area contributed by atoms with E-state index in [4.69, 9.17) is 14.7 Å². The molecule has 0 heterocycles. The summed E-state index contributed by atoms with van der Waals surface area (Å²) in [4.78, 5) is 37.3. The molecule has 0 aromatic heterocycles. The molecule has 0 aromatic rings. The summed E-state index contributed by atoms with van der Waals surface area (Å²) in [6.07, 6.45) is 2.67. The van der Waals surface area contributed by atoms with Gasteiger partial charge in [-0.2, -0.15) is 0 Å². The maximum absolute atomic E-state index is 11.1. The van der Waals surface area contributed by atoms with Crippen molar-refractivity contribution >= 4 is 15.2 Å². The molecule has 0 aromatic carbocycles. The molecule has 9 nitrogen and oxygen atoms in total. The zero-order valence-electron chi connectivity index (χ0n) is 11.6. The number of rotatable bonds is 9. The molecule has 3 atom stereocenters. The van der Waals surface area contributed by atoms with E-state index in [2.05, 4.69) is 5.32 Å².